The first-order chi connectivity index (χ1) is 9.15. The van der Waals surface area contributed by atoms with E-state index in [-0.39, 0.29) is 5.91 Å². The molecule has 0 saturated heterocycles. The summed E-state index contributed by atoms with van der Waals surface area (Å²) in [6.07, 6.45) is 6.24. The summed E-state index contributed by atoms with van der Waals surface area (Å²) in [5.41, 5.74) is 6.90. The highest BCUT2D eigenvalue weighted by molar-refractivity contribution is 5.94. The predicted octanol–water partition coefficient (Wildman–Crippen LogP) is 0.989. The van der Waals surface area contributed by atoms with Gasteiger partial charge in [0.05, 0.1) is 6.33 Å². The summed E-state index contributed by atoms with van der Waals surface area (Å²) < 4.78 is 1.97. The van der Waals surface area contributed by atoms with Crippen molar-refractivity contribution in [3.05, 3.63) is 42.1 Å². The van der Waals surface area contributed by atoms with Crippen molar-refractivity contribution in [2.24, 2.45) is 0 Å². The van der Waals surface area contributed by atoms with Crippen molar-refractivity contribution in [3.63, 3.8) is 0 Å². The van der Waals surface area contributed by atoms with Crippen LogP contribution in [0.2, 0.25) is 0 Å². The van der Waals surface area contributed by atoms with E-state index in [2.05, 4.69) is 15.3 Å². The SMILES string of the molecule is Cc1cc(C(=O)NCCCn2ccnc2)cc(N)n1. The Balaban J connectivity index is 1.80. The van der Waals surface area contributed by atoms with Crippen molar-refractivity contribution >= 4 is 11.7 Å². The van der Waals surface area contributed by atoms with Crippen LogP contribution in [0.1, 0.15) is 22.5 Å². The third-order valence-corrected chi connectivity index (χ3v) is 2.67. The second-order valence-corrected chi connectivity index (χ2v) is 4.33. The van der Waals surface area contributed by atoms with Gasteiger partial charge in [0.1, 0.15) is 5.82 Å². The number of amides is 1. The number of nitrogens with two attached hydrogens (primary N) is 1. The fraction of sp³-hybridized carbons (Fsp3) is 0.308. The number of anilines is 1. The molecule has 2 aromatic rings. The highest BCUT2D eigenvalue weighted by Gasteiger charge is 2.06. The molecule has 2 aromatic heterocycles. The molecule has 2 rings (SSSR count). The molecule has 6 nitrogen and oxygen atoms in total. The van der Waals surface area contributed by atoms with Crippen molar-refractivity contribution in [2.75, 3.05) is 12.3 Å². The van der Waals surface area contributed by atoms with Crippen molar-refractivity contribution < 1.29 is 4.79 Å². The maximum atomic E-state index is 11.9. The van der Waals surface area contributed by atoms with E-state index in [1.165, 1.54) is 0 Å². The Hall–Kier alpha value is -2.37. The summed E-state index contributed by atoms with van der Waals surface area (Å²) in [6.45, 7) is 3.25. The Bertz CT molecular complexity index is 530. The second-order valence-electron chi connectivity index (χ2n) is 4.33. The zero-order chi connectivity index (χ0) is 13.7. The van der Waals surface area contributed by atoms with Gasteiger partial charge in [-0.25, -0.2) is 9.97 Å². The van der Waals surface area contributed by atoms with Crippen molar-refractivity contribution in [1.29, 1.82) is 0 Å². The van der Waals surface area contributed by atoms with E-state index >= 15 is 0 Å². The van der Waals surface area contributed by atoms with Gasteiger partial charge in [-0.2, -0.15) is 0 Å². The van der Waals surface area contributed by atoms with Gasteiger partial charge in [0, 0.05) is 36.7 Å². The molecule has 100 valence electrons. The minimum Gasteiger partial charge on any atom is -0.384 e. The maximum absolute atomic E-state index is 11.9. The molecule has 6 heteroatoms. The number of rotatable bonds is 5. The minimum absolute atomic E-state index is 0.122. The van der Waals surface area contributed by atoms with Crippen LogP contribution < -0.4 is 11.1 Å². The number of nitrogens with one attached hydrogen (secondary N) is 1. The number of carbonyl (C=O) groups is 1. The van der Waals surface area contributed by atoms with Crippen LogP contribution in [0.25, 0.3) is 0 Å². The smallest absolute Gasteiger partial charge is 0.251 e. The summed E-state index contributed by atoms with van der Waals surface area (Å²) in [7, 11) is 0. The number of aryl methyl sites for hydroxylation is 2. The second kappa shape index (κ2) is 5.99. The number of hydrogen-bond acceptors (Lipinski definition) is 4. The van der Waals surface area contributed by atoms with E-state index < -0.39 is 0 Å². The molecule has 0 saturated carbocycles. The van der Waals surface area contributed by atoms with Crippen LogP contribution in [-0.2, 0) is 6.54 Å². The number of hydrogen-bond donors (Lipinski definition) is 2. The normalized spacial score (nSPS) is 10.4. The van der Waals surface area contributed by atoms with Crippen molar-refractivity contribution in [1.82, 2.24) is 19.9 Å². The van der Waals surface area contributed by atoms with Gasteiger partial charge < -0.3 is 15.6 Å². The van der Waals surface area contributed by atoms with E-state index in [9.17, 15) is 4.79 Å². The number of nitrogen functional groups attached to an aromatic ring is 1. The molecule has 0 aromatic carbocycles. The number of pyridine rings is 1. The zero-order valence-electron chi connectivity index (χ0n) is 10.8. The Morgan fingerprint density at radius 3 is 3.00 bits per heavy atom. The van der Waals surface area contributed by atoms with Crippen LogP contribution in [0.15, 0.2) is 30.9 Å². The highest BCUT2D eigenvalue weighted by atomic mass is 16.1. The molecule has 0 aliphatic rings. The van der Waals surface area contributed by atoms with Crippen LogP contribution in [0, 0.1) is 6.92 Å². The Labute approximate surface area is 111 Å². The van der Waals surface area contributed by atoms with Gasteiger partial charge in [-0.3, -0.25) is 4.79 Å². The van der Waals surface area contributed by atoms with Crippen LogP contribution in [0.5, 0.6) is 0 Å². The fourth-order valence-corrected chi connectivity index (χ4v) is 1.81. The van der Waals surface area contributed by atoms with Gasteiger partial charge in [0.2, 0.25) is 0 Å². The number of nitrogens with zero attached hydrogens (tertiary/aromatic N) is 3. The largest absolute Gasteiger partial charge is 0.384 e. The van der Waals surface area contributed by atoms with Crippen LogP contribution in [-0.4, -0.2) is 27.0 Å². The molecule has 0 aliphatic carbocycles. The van der Waals surface area contributed by atoms with E-state index in [0.29, 0.717) is 17.9 Å². The highest BCUT2D eigenvalue weighted by Crippen LogP contribution is 2.06. The zero-order valence-corrected chi connectivity index (χ0v) is 10.8. The topological polar surface area (TPSA) is 85.8 Å². The summed E-state index contributed by atoms with van der Waals surface area (Å²) in [6, 6.07) is 3.31. The maximum Gasteiger partial charge on any atom is 0.251 e. The lowest BCUT2D eigenvalue weighted by molar-refractivity contribution is 0.0952. The molecule has 0 atom stereocenters. The lowest BCUT2D eigenvalue weighted by Crippen LogP contribution is -2.25. The molecule has 19 heavy (non-hydrogen) atoms. The monoisotopic (exact) mass is 259 g/mol. The third-order valence-electron chi connectivity index (χ3n) is 2.67. The molecule has 2 heterocycles. The molecular weight excluding hydrogens is 242 g/mol. The standard InChI is InChI=1S/C13H17N5O/c1-10-7-11(8-12(14)17-10)13(19)16-3-2-5-18-6-4-15-9-18/h4,6-9H,2-3,5H2,1H3,(H2,14,17)(H,16,19). The van der Waals surface area contributed by atoms with Gasteiger partial charge in [-0.1, -0.05) is 0 Å². The molecule has 0 aliphatic heterocycles. The average Bonchev–Trinajstić information content (AvgIpc) is 2.86. The molecule has 0 bridgehead atoms. The van der Waals surface area contributed by atoms with Crippen molar-refractivity contribution in [3.8, 4) is 0 Å². The first-order valence-corrected chi connectivity index (χ1v) is 6.13. The summed E-state index contributed by atoms with van der Waals surface area (Å²) in [5.74, 6) is 0.242. The van der Waals surface area contributed by atoms with Gasteiger partial charge in [-0.05, 0) is 25.5 Å². The number of carbonyl (C=O) groups excluding carboxylic acids is 1. The van der Waals surface area contributed by atoms with E-state index in [0.717, 1.165) is 18.7 Å². The predicted molar refractivity (Wildman–Crippen MR) is 72.6 cm³/mol. The Kier molecular flexibility index (Phi) is 4.12. The molecule has 0 spiro atoms. The summed E-state index contributed by atoms with van der Waals surface area (Å²) in [5, 5.41) is 2.86. The summed E-state index contributed by atoms with van der Waals surface area (Å²) >= 11 is 0. The average molecular weight is 259 g/mol. The van der Waals surface area contributed by atoms with Gasteiger partial charge in [0.15, 0.2) is 0 Å². The van der Waals surface area contributed by atoms with E-state index in [1.807, 2.05) is 17.7 Å². The Morgan fingerprint density at radius 1 is 1.47 bits per heavy atom. The van der Waals surface area contributed by atoms with Gasteiger partial charge in [-0.15, -0.1) is 0 Å². The number of imidazole rings is 1. The first kappa shape index (κ1) is 13.1. The molecule has 3 N–H and O–H groups in total. The lowest BCUT2D eigenvalue weighted by Gasteiger charge is -2.07. The minimum atomic E-state index is -0.122. The molecular formula is C13H17N5O. The molecule has 0 fully saturated rings. The fourth-order valence-electron chi connectivity index (χ4n) is 1.81. The molecule has 1 amide bonds. The number of aromatic nitrogens is 3. The lowest BCUT2D eigenvalue weighted by atomic mass is 10.2. The van der Waals surface area contributed by atoms with Crippen LogP contribution in [0.4, 0.5) is 5.82 Å². The molecule has 0 unspecified atom stereocenters. The van der Waals surface area contributed by atoms with Gasteiger partial charge in [0.25, 0.3) is 5.91 Å². The quantitative estimate of drug-likeness (QED) is 0.784. The first-order valence-electron chi connectivity index (χ1n) is 6.13. The van der Waals surface area contributed by atoms with Crippen molar-refractivity contribution in [2.45, 2.75) is 19.9 Å². The van der Waals surface area contributed by atoms with E-state index in [1.54, 1.807) is 24.7 Å². The summed E-state index contributed by atoms with van der Waals surface area (Å²) in [4.78, 5) is 19.9. The van der Waals surface area contributed by atoms with Crippen LogP contribution >= 0.6 is 0 Å². The van der Waals surface area contributed by atoms with Crippen LogP contribution in [0.3, 0.4) is 0 Å². The Morgan fingerprint density at radius 2 is 2.32 bits per heavy atom. The van der Waals surface area contributed by atoms with Gasteiger partial charge >= 0.3 is 0 Å². The van der Waals surface area contributed by atoms with E-state index in [4.69, 9.17) is 5.73 Å². The molecule has 0 radical (unpaired) electrons. The third kappa shape index (κ3) is 3.80.